The number of allylic oxidation sites excluding steroid dienone is 8. The average Bonchev–Trinajstić information content (AvgIpc) is 3.00. The molecule has 0 fully saturated rings. The average molecular weight is 714 g/mol. The molecule has 0 radical (unpaired) electrons. The van der Waals surface area contributed by atoms with Crippen molar-refractivity contribution in [3.8, 4) is 0 Å². The van der Waals surface area contributed by atoms with Crippen molar-refractivity contribution >= 4 is 25.9 Å². The first-order valence-electron chi connectivity index (χ1n) is 17.5. The molecule has 12 nitrogen and oxygen atoms in total. The van der Waals surface area contributed by atoms with Crippen LogP contribution in [0.15, 0.2) is 48.6 Å². The molecule has 0 aromatic carbocycles. The zero-order valence-corrected chi connectivity index (χ0v) is 31.9. The summed E-state index contributed by atoms with van der Waals surface area (Å²) in [5, 5.41) is 7.72. The number of carbonyl (C=O) groups excluding carboxylic acids is 3. The normalized spacial score (nSPS) is 12.7. The minimum Gasteiger partial charge on any atom is -0.444 e. The Morgan fingerprint density at radius 2 is 0.959 bits per heavy atom. The lowest BCUT2D eigenvalue weighted by Crippen LogP contribution is -2.34. The van der Waals surface area contributed by atoms with Gasteiger partial charge >= 0.3 is 20.0 Å². The molecule has 0 unspecified atom stereocenters. The van der Waals surface area contributed by atoms with Crippen LogP contribution in [0.3, 0.4) is 0 Å². The Labute approximate surface area is 295 Å². The molecular weight excluding hydrogens is 649 g/mol. The zero-order valence-electron chi connectivity index (χ0n) is 31.1. The third kappa shape index (κ3) is 33.4. The standard InChI is InChI=1S/C36H64N3O9P/c1-8-9-10-11-12-13-14-15-16-17-18-19-20-21-22-23-24-25-32(40)37-26-29-44-49(43,45-30-27-38-33(41)47-35(2,3)4)46-31-28-39-34(42)48-36(5,6)7/h12-13,15-16,18-19,21-22H,8-11,14,17,20,23-31H2,1-7H3,(H,37,40)(H,38,41)(H,39,42)/b13-12-,16-15-,19-18-,22-21-. The molecule has 49 heavy (non-hydrogen) atoms. The number of carbonyl (C=O) groups is 3. The van der Waals surface area contributed by atoms with Crippen molar-refractivity contribution in [1.29, 1.82) is 0 Å². The van der Waals surface area contributed by atoms with Gasteiger partial charge in [-0.3, -0.25) is 18.4 Å². The summed E-state index contributed by atoms with van der Waals surface area (Å²) in [6, 6.07) is 0. The molecule has 13 heteroatoms. The topological polar surface area (TPSA) is 151 Å². The van der Waals surface area contributed by atoms with Crippen LogP contribution in [0.25, 0.3) is 0 Å². The third-order valence-electron chi connectivity index (χ3n) is 5.95. The number of ether oxygens (including phenoxy) is 2. The predicted octanol–water partition coefficient (Wildman–Crippen LogP) is 8.46. The van der Waals surface area contributed by atoms with Crippen LogP contribution in [0.1, 0.15) is 113 Å². The first kappa shape index (κ1) is 46.1. The van der Waals surface area contributed by atoms with E-state index in [2.05, 4.69) is 71.5 Å². The Bertz CT molecular complexity index is 1040. The van der Waals surface area contributed by atoms with Crippen LogP contribution in [0, 0.1) is 0 Å². The van der Waals surface area contributed by atoms with Gasteiger partial charge in [0, 0.05) is 26.1 Å². The zero-order chi connectivity index (χ0) is 36.9. The number of unbranched alkanes of at least 4 members (excludes halogenated alkanes) is 4. The first-order valence-corrected chi connectivity index (χ1v) is 19.0. The number of alkyl carbamates (subject to hydrolysis) is 2. The molecule has 3 amide bonds. The Morgan fingerprint density at radius 3 is 1.37 bits per heavy atom. The maximum absolute atomic E-state index is 13.2. The minimum absolute atomic E-state index is 0.0159. The first-order chi connectivity index (χ1) is 23.2. The van der Waals surface area contributed by atoms with Crippen molar-refractivity contribution in [2.45, 2.75) is 124 Å². The lowest BCUT2D eigenvalue weighted by molar-refractivity contribution is -0.121. The molecule has 0 saturated carbocycles. The summed E-state index contributed by atoms with van der Waals surface area (Å²) in [5.41, 5.74) is -1.34. The highest BCUT2D eigenvalue weighted by atomic mass is 31.2. The molecule has 0 bridgehead atoms. The van der Waals surface area contributed by atoms with Gasteiger partial charge < -0.3 is 25.4 Å². The maximum atomic E-state index is 13.2. The van der Waals surface area contributed by atoms with E-state index in [9.17, 15) is 18.9 Å². The smallest absolute Gasteiger partial charge is 0.444 e. The molecule has 0 aromatic heterocycles. The van der Waals surface area contributed by atoms with Gasteiger partial charge in [-0.1, -0.05) is 68.4 Å². The summed E-state index contributed by atoms with van der Waals surface area (Å²) in [6.45, 7) is 12.1. The molecule has 0 aliphatic heterocycles. The van der Waals surface area contributed by atoms with E-state index < -0.39 is 31.2 Å². The lowest BCUT2D eigenvalue weighted by atomic mass is 10.2. The summed E-state index contributed by atoms with van der Waals surface area (Å²) in [6.07, 6.45) is 25.6. The molecule has 3 N–H and O–H groups in total. The number of phosphoric acid groups is 1. The second-order valence-electron chi connectivity index (χ2n) is 13.1. The van der Waals surface area contributed by atoms with E-state index in [-0.39, 0.29) is 45.4 Å². The number of amides is 3. The van der Waals surface area contributed by atoms with Gasteiger partial charge in [-0.15, -0.1) is 0 Å². The van der Waals surface area contributed by atoms with Gasteiger partial charge in [0.25, 0.3) is 0 Å². The second-order valence-corrected chi connectivity index (χ2v) is 14.8. The van der Waals surface area contributed by atoms with Crippen LogP contribution in [0.4, 0.5) is 9.59 Å². The maximum Gasteiger partial charge on any atom is 0.474 e. The van der Waals surface area contributed by atoms with Gasteiger partial charge in [0.2, 0.25) is 5.91 Å². The highest BCUT2D eigenvalue weighted by Crippen LogP contribution is 2.48. The van der Waals surface area contributed by atoms with Crippen LogP contribution < -0.4 is 16.0 Å². The monoisotopic (exact) mass is 713 g/mol. The summed E-state index contributed by atoms with van der Waals surface area (Å²) in [7, 11) is -4.09. The highest BCUT2D eigenvalue weighted by Gasteiger charge is 2.27. The van der Waals surface area contributed by atoms with E-state index >= 15 is 0 Å². The summed E-state index contributed by atoms with van der Waals surface area (Å²) in [5.74, 6) is -0.153. The number of hydrogen-bond donors (Lipinski definition) is 3. The number of rotatable bonds is 26. The minimum atomic E-state index is -4.09. The summed E-state index contributed by atoms with van der Waals surface area (Å²) < 4.78 is 39.5. The third-order valence-corrected chi connectivity index (χ3v) is 7.44. The molecule has 0 rings (SSSR count). The summed E-state index contributed by atoms with van der Waals surface area (Å²) in [4.78, 5) is 35.9. The van der Waals surface area contributed by atoms with Crippen LogP contribution >= 0.6 is 7.82 Å². The molecule has 0 aliphatic carbocycles. The second kappa shape index (κ2) is 27.9. The van der Waals surface area contributed by atoms with Gasteiger partial charge in [0.05, 0.1) is 19.8 Å². The Hall–Kier alpha value is -2.92. The van der Waals surface area contributed by atoms with Crippen LogP contribution in [0.2, 0.25) is 0 Å². The van der Waals surface area contributed by atoms with Crippen molar-refractivity contribution in [3.63, 3.8) is 0 Å². The van der Waals surface area contributed by atoms with Gasteiger partial charge in [-0.25, -0.2) is 14.2 Å². The van der Waals surface area contributed by atoms with Gasteiger partial charge in [0.1, 0.15) is 11.2 Å². The van der Waals surface area contributed by atoms with E-state index in [0.717, 1.165) is 25.7 Å². The Morgan fingerprint density at radius 1 is 0.571 bits per heavy atom. The molecule has 0 aliphatic rings. The van der Waals surface area contributed by atoms with Crippen molar-refractivity contribution in [2.24, 2.45) is 0 Å². The quantitative estimate of drug-likeness (QED) is 0.0456. The van der Waals surface area contributed by atoms with E-state index in [4.69, 9.17) is 23.0 Å². The molecule has 0 aromatic rings. The number of hydrogen-bond acceptors (Lipinski definition) is 9. The van der Waals surface area contributed by atoms with Gasteiger partial charge in [-0.2, -0.15) is 0 Å². The van der Waals surface area contributed by atoms with E-state index in [1.165, 1.54) is 25.7 Å². The van der Waals surface area contributed by atoms with Crippen LogP contribution in [-0.2, 0) is 32.4 Å². The fourth-order valence-electron chi connectivity index (χ4n) is 3.74. The number of phosphoric ester groups is 1. The Kier molecular flexibility index (Phi) is 26.2. The molecule has 0 heterocycles. The van der Waals surface area contributed by atoms with Crippen molar-refractivity contribution in [1.82, 2.24) is 16.0 Å². The SMILES string of the molecule is CCCCC/C=C\C/C=C\C/C=C\C/C=C\CCCC(=O)NCCOP(=O)(OCCNC(=O)OC(C)(C)C)OCCNC(=O)OC(C)(C)C. The van der Waals surface area contributed by atoms with Crippen molar-refractivity contribution < 1.29 is 42.0 Å². The summed E-state index contributed by atoms with van der Waals surface area (Å²) >= 11 is 0. The van der Waals surface area contributed by atoms with Crippen LogP contribution in [-0.4, -0.2) is 68.8 Å². The van der Waals surface area contributed by atoms with E-state index in [0.29, 0.717) is 12.8 Å². The van der Waals surface area contributed by atoms with E-state index in [1.807, 2.05) is 0 Å². The van der Waals surface area contributed by atoms with Gasteiger partial charge in [0.15, 0.2) is 0 Å². The fourth-order valence-corrected chi connectivity index (χ4v) is 4.91. The van der Waals surface area contributed by atoms with Crippen LogP contribution in [0.5, 0.6) is 0 Å². The predicted molar refractivity (Wildman–Crippen MR) is 195 cm³/mol. The number of nitrogens with one attached hydrogen (secondary N) is 3. The van der Waals surface area contributed by atoms with Crippen molar-refractivity contribution in [3.05, 3.63) is 48.6 Å². The van der Waals surface area contributed by atoms with Crippen molar-refractivity contribution in [2.75, 3.05) is 39.5 Å². The largest absolute Gasteiger partial charge is 0.474 e. The Balaban J connectivity index is 4.37. The fraction of sp³-hybridized carbons (Fsp3) is 0.694. The van der Waals surface area contributed by atoms with E-state index in [1.54, 1.807) is 41.5 Å². The molecule has 0 saturated heterocycles. The van der Waals surface area contributed by atoms with Gasteiger partial charge in [-0.05, 0) is 86.5 Å². The molecule has 282 valence electrons. The molecule has 0 spiro atoms. The highest BCUT2D eigenvalue weighted by molar-refractivity contribution is 7.48. The molecule has 0 atom stereocenters. The molecular formula is C36H64N3O9P. The lowest BCUT2D eigenvalue weighted by Gasteiger charge is -2.21.